The number of amides is 1. The van der Waals surface area contributed by atoms with Gasteiger partial charge in [0.15, 0.2) is 11.5 Å². The van der Waals surface area contributed by atoms with E-state index in [1.165, 1.54) is 0 Å². The lowest BCUT2D eigenvalue weighted by Crippen LogP contribution is -2.03. The van der Waals surface area contributed by atoms with Crippen molar-refractivity contribution in [2.75, 3.05) is 19.0 Å². The van der Waals surface area contributed by atoms with Crippen LogP contribution in [0.1, 0.15) is 30.9 Å². The monoisotopic (exact) mass is 357 g/mol. The van der Waals surface area contributed by atoms with Crippen LogP contribution >= 0.6 is 11.6 Å². The molecular formula is C20H20ClNO3. The summed E-state index contributed by atoms with van der Waals surface area (Å²) in [7, 11) is 1.61. The summed E-state index contributed by atoms with van der Waals surface area (Å²) in [6.07, 6.45) is 3.91. The topological polar surface area (TPSA) is 47.6 Å². The van der Waals surface area contributed by atoms with Gasteiger partial charge in [0.1, 0.15) is 0 Å². The standard InChI is InChI=1S/C20H20ClNO3/c1-3-4-9-25-18-8-5-13(11-19(18)24-2)10-16-15-7-6-14(21)12-17(15)22-20(16)23/h5-8,10-12H,3-4,9H2,1-2H3,(H,22,23)/b16-10+. The highest BCUT2D eigenvalue weighted by molar-refractivity contribution is 6.36. The van der Waals surface area contributed by atoms with Crippen LogP contribution in [0.2, 0.25) is 5.02 Å². The fourth-order valence-corrected chi connectivity index (χ4v) is 2.87. The molecule has 1 aliphatic heterocycles. The summed E-state index contributed by atoms with van der Waals surface area (Å²) >= 11 is 5.99. The second-order valence-corrected chi connectivity index (χ2v) is 6.25. The maximum atomic E-state index is 12.3. The number of halogens is 1. The smallest absolute Gasteiger partial charge is 0.256 e. The largest absolute Gasteiger partial charge is 0.493 e. The third kappa shape index (κ3) is 3.80. The molecule has 0 saturated carbocycles. The van der Waals surface area contributed by atoms with Crippen LogP contribution < -0.4 is 14.8 Å². The van der Waals surface area contributed by atoms with Crippen molar-refractivity contribution in [1.82, 2.24) is 0 Å². The minimum atomic E-state index is -0.139. The summed E-state index contributed by atoms with van der Waals surface area (Å²) < 4.78 is 11.2. The van der Waals surface area contributed by atoms with Crippen LogP contribution in [0.3, 0.4) is 0 Å². The molecule has 1 heterocycles. The molecule has 1 aliphatic rings. The Morgan fingerprint density at radius 3 is 2.76 bits per heavy atom. The van der Waals surface area contributed by atoms with Crippen molar-refractivity contribution in [3.8, 4) is 11.5 Å². The predicted molar refractivity (Wildman–Crippen MR) is 101 cm³/mol. The van der Waals surface area contributed by atoms with Crippen molar-refractivity contribution in [1.29, 1.82) is 0 Å². The molecule has 0 atom stereocenters. The van der Waals surface area contributed by atoms with Gasteiger partial charge in [0.2, 0.25) is 0 Å². The van der Waals surface area contributed by atoms with Gasteiger partial charge in [0.05, 0.1) is 19.4 Å². The number of carbonyl (C=O) groups is 1. The van der Waals surface area contributed by atoms with Crippen molar-refractivity contribution in [3.05, 3.63) is 52.5 Å². The Balaban J connectivity index is 1.90. The first-order chi connectivity index (χ1) is 12.1. The fraction of sp³-hybridized carbons (Fsp3) is 0.250. The molecule has 0 bridgehead atoms. The average Bonchev–Trinajstić information content (AvgIpc) is 2.90. The minimum Gasteiger partial charge on any atom is -0.493 e. The molecule has 0 spiro atoms. The molecule has 0 fully saturated rings. The normalized spacial score (nSPS) is 14.4. The van der Waals surface area contributed by atoms with E-state index in [0.717, 1.165) is 29.7 Å². The molecule has 130 valence electrons. The second-order valence-electron chi connectivity index (χ2n) is 5.81. The number of anilines is 1. The van der Waals surface area contributed by atoms with E-state index in [1.807, 2.05) is 30.3 Å². The molecule has 5 heteroatoms. The van der Waals surface area contributed by atoms with E-state index < -0.39 is 0 Å². The Kier molecular flexibility index (Phi) is 5.29. The Labute approximate surface area is 152 Å². The Hall–Kier alpha value is -2.46. The zero-order chi connectivity index (χ0) is 17.8. The molecule has 1 amide bonds. The van der Waals surface area contributed by atoms with Crippen LogP contribution in [-0.4, -0.2) is 19.6 Å². The van der Waals surface area contributed by atoms with Crippen molar-refractivity contribution in [2.24, 2.45) is 0 Å². The molecule has 0 saturated heterocycles. The molecule has 2 aromatic carbocycles. The summed E-state index contributed by atoms with van der Waals surface area (Å²) in [5.74, 6) is 1.22. The first-order valence-corrected chi connectivity index (χ1v) is 8.64. The Morgan fingerprint density at radius 1 is 1.16 bits per heavy atom. The van der Waals surface area contributed by atoms with Crippen molar-refractivity contribution in [3.63, 3.8) is 0 Å². The van der Waals surface area contributed by atoms with Gasteiger partial charge in [-0.2, -0.15) is 0 Å². The summed E-state index contributed by atoms with van der Waals surface area (Å²) in [5, 5.41) is 3.43. The molecule has 1 N–H and O–H groups in total. The summed E-state index contributed by atoms with van der Waals surface area (Å²) in [4.78, 5) is 12.3. The molecule has 2 aromatic rings. The van der Waals surface area contributed by atoms with Gasteiger partial charge in [0, 0.05) is 16.2 Å². The lowest BCUT2D eigenvalue weighted by molar-refractivity contribution is -0.110. The maximum absolute atomic E-state index is 12.3. The zero-order valence-corrected chi connectivity index (χ0v) is 15.0. The van der Waals surface area contributed by atoms with Gasteiger partial charge >= 0.3 is 0 Å². The fourth-order valence-electron chi connectivity index (χ4n) is 2.70. The molecular weight excluding hydrogens is 338 g/mol. The van der Waals surface area contributed by atoms with E-state index in [4.69, 9.17) is 21.1 Å². The summed E-state index contributed by atoms with van der Waals surface area (Å²) in [6.45, 7) is 2.78. The lowest BCUT2D eigenvalue weighted by atomic mass is 10.0. The zero-order valence-electron chi connectivity index (χ0n) is 14.3. The van der Waals surface area contributed by atoms with Crippen LogP contribution in [0, 0.1) is 0 Å². The number of hydrogen-bond donors (Lipinski definition) is 1. The van der Waals surface area contributed by atoms with Crippen LogP contribution in [0.5, 0.6) is 11.5 Å². The molecule has 0 unspecified atom stereocenters. The number of benzene rings is 2. The van der Waals surface area contributed by atoms with Gasteiger partial charge in [-0.15, -0.1) is 0 Å². The number of rotatable bonds is 6. The quantitative estimate of drug-likeness (QED) is 0.583. The average molecular weight is 358 g/mol. The highest BCUT2D eigenvalue weighted by Crippen LogP contribution is 2.36. The van der Waals surface area contributed by atoms with E-state index in [2.05, 4.69) is 12.2 Å². The highest BCUT2D eigenvalue weighted by atomic mass is 35.5. The molecule has 25 heavy (non-hydrogen) atoms. The number of hydrogen-bond acceptors (Lipinski definition) is 3. The SMILES string of the molecule is CCCCOc1ccc(/C=C2/C(=O)Nc3cc(Cl)ccc32)cc1OC. The van der Waals surface area contributed by atoms with Crippen LogP contribution in [0.15, 0.2) is 36.4 Å². The van der Waals surface area contributed by atoms with Gasteiger partial charge in [-0.3, -0.25) is 4.79 Å². The number of carbonyl (C=O) groups excluding carboxylic acids is 1. The number of nitrogens with one attached hydrogen (secondary N) is 1. The molecule has 0 radical (unpaired) electrons. The Morgan fingerprint density at radius 2 is 2.00 bits per heavy atom. The van der Waals surface area contributed by atoms with Gasteiger partial charge in [0.25, 0.3) is 5.91 Å². The third-order valence-corrected chi connectivity index (χ3v) is 4.25. The lowest BCUT2D eigenvalue weighted by Gasteiger charge is -2.11. The predicted octanol–water partition coefficient (Wildman–Crippen LogP) is 5.02. The van der Waals surface area contributed by atoms with E-state index in [1.54, 1.807) is 19.2 Å². The summed E-state index contributed by atoms with van der Waals surface area (Å²) in [6, 6.07) is 11.0. The molecule has 0 aromatic heterocycles. The Bertz CT molecular complexity index is 830. The van der Waals surface area contributed by atoms with E-state index >= 15 is 0 Å². The minimum absolute atomic E-state index is 0.139. The second kappa shape index (κ2) is 7.62. The third-order valence-electron chi connectivity index (χ3n) is 4.02. The van der Waals surface area contributed by atoms with Gasteiger partial charge in [-0.1, -0.05) is 37.1 Å². The van der Waals surface area contributed by atoms with Crippen LogP contribution in [0.25, 0.3) is 11.6 Å². The molecule has 3 rings (SSSR count). The number of fused-ring (bicyclic) bond motifs is 1. The van der Waals surface area contributed by atoms with Crippen molar-refractivity contribution in [2.45, 2.75) is 19.8 Å². The van der Waals surface area contributed by atoms with Crippen molar-refractivity contribution >= 4 is 34.8 Å². The van der Waals surface area contributed by atoms with E-state index in [0.29, 0.717) is 28.7 Å². The number of unbranched alkanes of at least 4 members (excludes halogenated alkanes) is 1. The first-order valence-electron chi connectivity index (χ1n) is 8.26. The maximum Gasteiger partial charge on any atom is 0.256 e. The summed E-state index contributed by atoms with van der Waals surface area (Å²) in [5.41, 5.74) is 3.05. The van der Waals surface area contributed by atoms with Crippen molar-refractivity contribution < 1.29 is 14.3 Å². The van der Waals surface area contributed by atoms with Gasteiger partial charge in [-0.05, 0) is 42.3 Å². The van der Waals surface area contributed by atoms with Gasteiger partial charge in [-0.25, -0.2) is 0 Å². The van der Waals surface area contributed by atoms with Crippen LogP contribution in [-0.2, 0) is 4.79 Å². The number of ether oxygens (including phenoxy) is 2. The van der Waals surface area contributed by atoms with E-state index in [-0.39, 0.29) is 5.91 Å². The highest BCUT2D eigenvalue weighted by Gasteiger charge is 2.24. The van der Waals surface area contributed by atoms with Crippen LogP contribution in [0.4, 0.5) is 5.69 Å². The molecule has 4 nitrogen and oxygen atoms in total. The van der Waals surface area contributed by atoms with E-state index in [9.17, 15) is 4.79 Å². The molecule has 0 aliphatic carbocycles. The van der Waals surface area contributed by atoms with Gasteiger partial charge < -0.3 is 14.8 Å². The first kappa shape index (κ1) is 17.4. The number of methoxy groups -OCH3 is 1.